The molecule has 2 aliphatic rings. The number of hydrogen-bond acceptors (Lipinski definition) is 5. The van der Waals surface area contributed by atoms with Crippen LogP contribution in [0.25, 0.3) is 0 Å². The lowest BCUT2D eigenvalue weighted by Gasteiger charge is -2.53. The molecule has 2 aromatic heterocycles. The van der Waals surface area contributed by atoms with Crippen LogP contribution in [0, 0.1) is 18.8 Å². The number of nitrogens with zero attached hydrogens (tertiary/aromatic N) is 2. The molecule has 0 amide bonds. The van der Waals surface area contributed by atoms with Crippen LogP contribution in [0.4, 0.5) is 5.69 Å². The second-order valence-corrected chi connectivity index (χ2v) is 6.85. The minimum Gasteiger partial charge on any atom is -0.375 e. The van der Waals surface area contributed by atoms with Crippen LogP contribution in [0.2, 0.25) is 0 Å². The first kappa shape index (κ1) is 16.8. The Kier molecular flexibility index (Phi) is 4.27. The molecule has 1 atom stereocenters. The average Bonchev–Trinajstić information content (AvgIpc) is 2.60. The van der Waals surface area contributed by atoms with Crippen molar-refractivity contribution >= 4 is 5.69 Å². The molecule has 0 saturated carbocycles. The molecule has 1 spiro atoms. The molecular formula is C20H21N3O3. The van der Waals surface area contributed by atoms with Gasteiger partial charge >= 0.3 is 0 Å². The Morgan fingerprint density at radius 2 is 2.19 bits per heavy atom. The van der Waals surface area contributed by atoms with Crippen LogP contribution in [0.15, 0.2) is 35.4 Å². The number of ether oxygens (including phenoxy) is 2. The number of nitrogens with one attached hydrogen (secondary N) is 1. The Labute approximate surface area is 152 Å². The van der Waals surface area contributed by atoms with Crippen molar-refractivity contribution in [2.45, 2.75) is 25.5 Å². The lowest BCUT2D eigenvalue weighted by Crippen LogP contribution is -2.68. The molecule has 4 rings (SSSR count). The standard InChI is InChI=1S/C20H21N3O3/c1-14-5-6-21-17(9-14)4-3-16-10-18(19(24)22-11-16)23-7-8-26-20(15(23)2)12-25-13-20/h5-6,9-11,15H,7-8,12-13H2,1-2H3,(H,22,24)/t15-/m0/s1. The fourth-order valence-corrected chi connectivity index (χ4v) is 3.40. The summed E-state index contributed by atoms with van der Waals surface area (Å²) in [5.41, 5.74) is 2.77. The molecule has 0 aliphatic carbocycles. The molecule has 2 aromatic rings. The van der Waals surface area contributed by atoms with E-state index in [4.69, 9.17) is 9.47 Å². The van der Waals surface area contributed by atoms with Crippen molar-refractivity contribution in [3.05, 3.63) is 57.8 Å². The normalized spacial score (nSPS) is 21.0. The first-order chi connectivity index (χ1) is 12.6. The van der Waals surface area contributed by atoms with Crippen LogP contribution in [-0.2, 0) is 9.47 Å². The number of rotatable bonds is 1. The lowest BCUT2D eigenvalue weighted by atomic mass is 9.90. The van der Waals surface area contributed by atoms with Gasteiger partial charge in [-0.3, -0.25) is 4.79 Å². The molecule has 0 bridgehead atoms. The van der Waals surface area contributed by atoms with Crippen LogP contribution in [0.5, 0.6) is 0 Å². The molecule has 0 unspecified atom stereocenters. The molecule has 2 fully saturated rings. The summed E-state index contributed by atoms with van der Waals surface area (Å²) in [5, 5.41) is 0. The van der Waals surface area contributed by atoms with E-state index in [0.29, 0.717) is 37.7 Å². The summed E-state index contributed by atoms with van der Waals surface area (Å²) in [4.78, 5) is 21.6. The zero-order valence-corrected chi connectivity index (χ0v) is 14.9. The van der Waals surface area contributed by atoms with Gasteiger partial charge < -0.3 is 19.4 Å². The maximum atomic E-state index is 12.4. The number of H-pyrrole nitrogens is 1. The van der Waals surface area contributed by atoms with Crippen molar-refractivity contribution in [2.75, 3.05) is 31.3 Å². The quantitative estimate of drug-likeness (QED) is 0.788. The SMILES string of the molecule is Cc1ccnc(C#Cc2c[nH]c(=O)c(N3CCOC4(COC4)[C@@H]3C)c2)c1. The van der Waals surface area contributed by atoms with Gasteiger partial charge in [0.05, 0.1) is 25.9 Å². The van der Waals surface area contributed by atoms with E-state index in [2.05, 4.69) is 33.6 Å². The van der Waals surface area contributed by atoms with E-state index in [1.807, 2.05) is 25.1 Å². The highest BCUT2D eigenvalue weighted by Gasteiger charge is 2.50. The Morgan fingerprint density at radius 3 is 2.92 bits per heavy atom. The highest BCUT2D eigenvalue weighted by Crippen LogP contribution is 2.34. The predicted molar refractivity (Wildman–Crippen MR) is 98.3 cm³/mol. The lowest BCUT2D eigenvalue weighted by molar-refractivity contribution is -0.228. The van der Waals surface area contributed by atoms with Gasteiger partial charge in [0.15, 0.2) is 0 Å². The summed E-state index contributed by atoms with van der Waals surface area (Å²) in [6.07, 6.45) is 3.38. The number of aromatic amines is 1. The van der Waals surface area contributed by atoms with Gasteiger partial charge in [0.1, 0.15) is 17.0 Å². The minimum absolute atomic E-state index is 0.0627. The summed E-state index contributed by atoms with van der Waals surface area (Å²) >= 11 is 0. The highest BCUT2D eigenvalue weighted by molar-refractivity contribution is 5.53. The van der Waals surface area contributed by atoms with Crippen LogP contribution in [0.1, 0.15) is 23.7 Å². The monoisotopic (exact) mass is 351 g/mol. The number of pyridine rings is 2. The van der Waals surface area contributed by atoms with Crippen LogP contribution < -0.4 is 10.5 Å². The third-order valence-corrected chi connectivity index (χ3v) is 5.09. The first-order valence-corrected chi connectivity index (χ1v) is 8.73. The number of morpholine rings is 1. The molecule has 0 aromatic carbocycles. The summed E-state index contributed by atoms with van der Waals surface area (Å²) < 4.78 is 11.3. The van der Waals surface area contributed by atoms with E-state index >= 15 is 0 Å². The zero-order valence-electron chi connectivity index (χ0n) is 14.9. The van der Waals surface area contributed by atoms with Crippen molar-refractivity contribution in [1.29, 1.82) is 0 Å². The van der Waals surface area contributed by atoms with Gasteiger partial charge in [0, 0.05) is 24.5 Å². The molecule has 2 saturated heterocycles. The Bertz CT molecular complexity index is 937. The number of hydrogen-bond donors (Lipinski definition) is 1. The van der Waals surface area contributed by atoms with E-state index in [1.54, 1.807) is 12.4 Å². The van der Waals surface area contributed by atoms with E-state index in [1.165, 1.54) is 0 Å². The second-order valence-electron chi connectivity index (χ2n) is 6.85. The van der Waals surface area contributed by atoms with Gasteiger partial charge in [0.25, 0.3) is 5.56 Å². The Morgan fingerprint density at radius 1 is 1.35 bits per heavy atom. The molecule has 134 valence electrons. The van der Waals surface area contributed by atoms with Gasteiger partial charge in [-0.25, -0.2) is 4.98 Å². The van der Waals surface area contributed by atoms with Crippen molar-refractivity contribution in [2.24, 2.45) is 0 Å². The van der Waals surface area contributed by atoms with Crippen LogP contribution in [-0.4, -0.2) is 48.0 Å². The largest absolute Gasteiger partial charge is 0.375 e. The maximum absolute atomic E-state index is 12.4. The van der Waals surface area contributed by atoms with E-state index in [0.717, 1.165) is 11.1 Å². The molecule has 4 heterocycles. The maximum Gasteiger partial charge on any atom is 0.271 e. The fraction of sp³-hybridized carbons (Fsp3) is 0.400. The fourth-order valence-electron chi connectivity index (χ4n) is 3.40. The van der Waals surface area contributed by atoms with Crippen molar-refractivity contribution < 1.29 is 9.47 Å². The molecule has 2 aliphatic heterocycles. The highest BCUT2D eigenvalue weighted by atomic mass is 16.6. The summed E-state index contributed by atoms with van der Waals surface area (Å²) in [7, 11) is 0. The van der Waals surface area contributed by atoms with E-state index in [9.17, 15) is 4.79 Å². The molecular weight excluding hydrogens is 330 g/mol. The van der Waals surface area contributed by atoms with Gasteiger partial charge in [0.2, 0.25) is 0 Å². The van der Waals surface area contributed by atoms with Crippen LogP contribution >= 0.6 is 0 Å². The van der Waals surface area contributed by atoms with Crippen molar-refractivity contribution in [3.8, 4) is 11.8 Å². The number of aryl methyl sites for hydroxylation is 1. The Hall–Kier alpha value is -2.62. The van der Waals surface area contributed by atoms with E-state index in [-0.39, 0.29) is 17.2 Å². The predicted octanol–water partition coefficient (Wildman–Crippen LogP) is 1.47. The zero-order chi connectivity index (χ0) is 18.1. The van der Waals surface area contributed by atoms with Crippen LogP contribution in [0.3, 0.4) is 0 Å². The molecule has 1 N–H and O–H groups in total. The second kappa shape index (κ2) is 6.60. The van der Waals surface area contributed by atoms with Crippen molar-refractivity contribution in [3.63, 3.8) is 0 Å². The van der Waals surface area contributed by atoms with Gasteiger partial charge in [-0.05, 0) is 43.5 Å². The molecule has 6 heteroatoms. The van der Waals surface area contributed by atoms with E-state index < -0.39 is 0 Å². The van der Waals surface area contributed by atoms with Gasteiger partial charge in [-0.15, -0.1) is 0 Å². The Balaban J connectivity index is 1.64. The molecule has 6 nitrogen and oxygen atoms in total. The number of anilines is 1. The molecule has 26 heavy (non-hydrogen) atoms. The van der Waals surface area contributed by atoms with Gasteiger partial charge in [-0.2, -0.15) is 0 Å². The smallest absolute Gasteiger partial charge is 0.271 e. The third-order valence-electron chi connectivity index (χ3n) is 5.09. The molecule has 0 radical (unpaired) electrons. The summed E-state index contributed by atoms with van der Waals surface area (Å²) in [5.74, 6) is 6.15. The topological polar surface area (TPSA) is 67.5 Å². The summed E-state index contributed by atoms with van der Waals surface area (Å²) in [6.45, 7) is 6.47. The average molecular weight is 351 g/mol. The minimum atomic E-state index is -0.308. The number of aromatic nitrogens is 2. The van der Waals surface area contributed by atoms with Gasteiger partial charge in [-0.1, -0.05) is 5.92 Å². The summed E-state index contributed by atoms with van der Waals surface area (Å²) in [6, 6.07) is 5.77. The van der Waals surface area contributed by atoms with Crippen molar-refractivity contribution in [1.82, 2.24) is 9.97 Å². The first-order valence-electron chi connectivity index (χ1n) is 8.73. The third kappa shape index (κ3) is 3.00.